The lowest BCUT2D eigenvalue weighted by atomic mass is 10.1. The van der Waals surface area contributed by atoms with Gasteiger partial charge in [-0.2, -0.15) is 4.98 Å². The Balaban J connectivity index is 1.47. The molecule has 0 unspecified atom stereocenters. The molecule has 0 bridgehead atoms. The SMILES string of the molecule is Cn1cc(C(=O)N2CCC[C@@H]2c2nc(-c3ccccc3)no2)c2ccccc21. The number of aryl methyl sites for hydroxylation is 1. The van der Waals surface area contributed by atoms with Gasteiger partial charge in [-0.05, 0) is 18.9 Å². The summed E-state index contributed by atoms with van der Waals surface area (Å²) in [5.74, 6) is 1.07. The van der Waals surface area contributed by atoms with Crippen LogP contribution in [-0.4, -0.2) is 32.1 Å². The Labute approximate surface area is 162 Å². The number of aromatic nitrogens is 3. The highest BCUT2D eigenvalue weighted by molar-refractivity contribution is 6.07. The van der Waals surface area contributed by atoms with Crippen LogP contribution in [0.3, 0.4) is 0 Å². The number of para-hydroxylation sites is 1. The van der Waals surface area contributed by atoms with Crippen molar-refractivity contribution >= 4 is 16.8 Å². The van der Waals surface area contributed by atoms with Crippen LogP contribution in [0.4, 0.5) is 0 Å². The van der Waals surface area contributed by atoms with Crippen molar-refractivity contribution in [3.63, 3.8) is 0 Å². The zero-order valence-electron chi connectivity index (χ0n) is 15.6. The van der Waals surface area contributed by atoms with Crippen LogP contribution >= 0.6 is 0 Å². The molecule has 1 aliphatic heterocycles. The second-order valence-electron chi connectivity index (χ2n) is 7.15. The van der Waals surface area contributed by atoms with Crippen molar-refractivity contribution in [2.24, 2.45) is 7.05 Å². The Morgan fingerprint density at radius 1 is 1.11 bits per heavy atom. The minimum Gasteiger partial charge on any atom is -0.350 e. The van der Waals surface area contributed by atoms with Crippen molar-refractivity contribution in [1.82, 2.24) is 19.6 Å². The average Bonchev–Trinajstić information content (AvgIpc) is 3.47. The van der Waals surface area contributed by atoms with Crippen molar-refractivity contribution in [2.45, 2.75) is 18.9 Å². The zero-order valence-corrected chi connectivity index (χ0v) is 15.6. The number of likely N-dealkylation sites (tertiary alicyclic amines) is 1. The summed E-state index contributed by atoms with van der Waals surface area (Å²) in [6.07, 6.45) is 3.66. The molecule has 1 aliphatic rings. The van der Waals surface area contributed by atoms with Crippen LogP contribution in [-0.2, 0) is 7.05 Å². The summed E-state index contributed by atoms with van der Waals surface area (Å²) in [5, 5.41) is 5.09. The van der Waals surface area contributed by atoms with E-state index in [4.69, 9.17) is 4.52 Å². The lowest BCUT2D eigenvalue weighted by Crippen LogP contribution is -2.30. The monoisotopic (exact) mass is 372 g/mol. The first-order chi connectivity index (χ1) is 13.7. The molecule has 1 fully saturated rings. The third-order valence-electron chi connectivity index (χ3n) is 5.40. The second-order valence-corrected chi connectivity index (χ2v) is 7.15. The first kappa shape index (κ1) is 16.7. The van der Waals surface area contributed by atoms with Gasteiger partial charge in [0.2, 0.25) is 11.7 Å². The number of carbonyl (C=O) groups is 1. The van der Waals surface area contributed by atoms with Crippen LogP contribution in [0.1, 0.15) is 35.1 Å². The van der Waals surface area contributed by atoms with E-state index in [2.05, 4.69) is 10.1 Å². The molecule has 1 amide bonds. The van der Waals surface area contributed by atoms with Crippen LogP contribution in [0.2, 0.25) is 0 Å². The van der Waals surface area contributed by atoms with Gasteiger partial charge in [0.1, 0.15) is 6.04 Å². The molecule has 5 rings (SSSR count). The van der Waals surface area contributed by atoms with E-state index in [1.807, 2.05) is 77.3 Å². The molecule has 2 aromatic heterocycles. The molecule has 2 aromatic carbocycles. The van der Waals surface area contributed by atoms with E-state index in [-0.39, 0.29) is 11.9 Å². The van der Waals surface area contributed by atoms with Crippen molar-refractivity contribution < 1.29 is 9.32 Å². The molecule has 0 spiro atoms. The van der Waals surface area contributed by atoms with Crippen LogP contribution in [0.25, 0.3) is 22.3 Å². The topological polar surface area (TPSA) is 64.2 Å². The third-order valence-corrected chi connectivity index (χ3v) is 5.40. The summed E-state index contributed by atoms with van der Waals surface area (Å²) in [6, 6.07) is 17.5. The minimum absolute atomic E-state index is 0.0127. The summed E-state index contributed by atoms with van der Waals surface area (Å²) in [6.45, 7) is 0.690. The van der Waals surface area contributed by atoms with E-state index in [0.717, 1.165) is 29.3 Å². The van der Waals surface area contributed by atoms with Crippen molar-refractivity contribution in [3.8, 4) is 11.4 Å². The Bertz CT molecular complexity index is 1150. The van der Waals surface area contributed by atoms with Crippen molar-refractivity contribution in [1.29, 1.82) is 0 Å². The number of hydrogen-bond donors (Lipinski definition) is 0. The maximum Gasteiger partial charge on any atom is 0.256 e. The molecular formula is C22H20N4O2. The summed E-state index contributed by atoms with van der Waals surface area (Å²) >= 11 is 0. The van der Waals surface area contributed by atoms with Crippen LogP contribution in [0.15, 0.2) is 65.3 Å². The largest absolute Gasteiger partial charge is 0.350 e. The molecule has 1 saturated heterocycles. The summed E-state index contributed by atoms with van der Waals surface area (Å²) in [7, 11) is 1.96. The van der Waals surface area contributed by atoms with Gasteiger partial charge in [0.25, 0.3) is 5.91 Å². The molecule has 6 heteroatoms. The van der Waals surface area contributed by atoms with Crippen LogP contribution < -0.4 is 0 Å². The fourth-order valence-electron chi connectivity index (χ4n) is 4.01. The molecule has 4 aromatic rings. The smallest absolute Gasteiger partial charge is 0.256 e. The number of carbonyl (C=O) groups excluding carboxylic acids is 1. The number of nitrogens with zero attached hydrogens (tertiary/aromatic N) is 4. The lowest BCUT2D eigenvalue weighted by Gasteiger charge is -2.21. The highest BCUT2D eigenvalue weighted by Crippen LogP contribution is 2.34. The molecule has 3 heterocycles. The second kappa shape index (κ2) is 6.64. The highest BCUT2D eigenvalue weighted by Gasteiger charge is 2.35. The standard InChI is InChI=1S/C22H20N4O2/c1-25-14-17(16-10-5-6-11-18(16)25)22(27)26-13-7-12-19(26)21-23-20(24-28-21)15-8-3-2-4-9-15/h2-6,8-11,14,19H,7,12-13H2,1H3/t19-/m1/s1. The van der Waals surface area contributed by atoms with Gasteiger partial charge in [-0.25, -0.2) is 0 Å². The Morgan fingerprint density at radius 3 is 2.75 bits per heavy atom. The van der Waals surface area contributed by atoms with Gasteiger partial charge < -0.3 is 14.0 Å². The molecule has 0 saturated carbocycles. The van der Waals surface area contributed by atoms with Gasteiger partial charge in [0, 0.05) is 36.3 Å². The molecule has 0 radical (unpaired) electrons. The van der Waals surface area contributed by atoms with Crippen LogP contribution in [0.5, 0.6) is 0 Å². The fourth-order valence-corrected chi connectivity index (χ4v) is 4.01. The summed E-state index contributed by atoms with van der Waals surface area (Å²) in [4.78, 5) is 19.8. The predicted molar refractivity (Wildman–Crippen MR) is 106 cm³/mol. The highest BCUT2D eigenvalue weighted by atomic mass is 16.5. The zero-order chi connectivity index (χ0) is 19.1. The number of rotatable bonds is 3. The number of fused-ring (bicyclic) bond motifs is 1. The maximum absolute atomic E-state index is 13.4. The number of amides is 1. The summed E-state index contributed by atoms with van der Waals surface area (Å²) < 4.78 is 7.55. The fraction of sp³-hybridized carbons (Fsp3) is 0.227. The first-order valence-corrected chi connectivity index (χ1v) is 9.46. The lowest BCUT2D eigenvalue weighted by molar-refractivity contribution is 0.0712. The molecule has 28 heavy (non-hydrogen) atoms. The molecule has 140 valence electrons. The van der Waals surface area contributed by atoms with E-state index < -0.39 is 0 Å². The Hall–Kier alpha value is -3.41. The normalized spacial score (nSPS) is 16.8. The van der Waals surface area contributed by atoms with Crippen LogP contribution in [0, 0.1) is 0 Å². The van der Waals surface area contributed by atoms with Gasteiger partial charge in [-0.3, -0.25) is 4.79 Å². The Morgan fingerprint density at radius 2 is 1.89 bits per heavy atom. The van der Waals surface area contributed by atoms with Gasteiger partial charge in [0.05, 0.1) is 5.56 Å². The van der Waals surface area contributed by atoms with Gasteiger partial charge in [0.15, 0.2) is 0 Å². The molecule has 6 nitrogen and oxygen atoms in total. The molecule has 0 N–H and O–H groups in total. The first-order valence-electron chi connectivity index (χ1n) is 9.46. The van der Waals surface area contributed by atoms with E-state index >= 15 is 0 Å². The van der Waals surface area contributed by atoms with Gasteiger partial charge in [-0.1, -0.05) is 53.7 Å². The van der Waals surface area contributed by atoms with E-state index in [0.29, 0.717) is 23.8 Å². The summed E-state index contributed by atoms with van der Waals surface area (Å²) in [5.41, 5.74) is 2.67. The van der Waals surface area contributed by atoms with Crippen molar-refractivity contribution in [3.05, 3.63) is 72.2 Å². The minimum atomic E-state index is -0.184. The number of benzene rings is 2. The quantitative estimate of drug-likeness (QED) is 0.540. The Kier molecular flexibility index (Phi) is 3.97. The predicted octanol–water partition coefficient (Wildman–Crippen LogP) is 4.21. The van der Waals surface area contributed by atoms with Gasteiger partial charge >= 0.3 is 0 Å². The van der Waals surface area contributed by atoms with Crippen molar-refractivity contribution in [2.75, 3.05) is 6.54 Å². The molecule has 1 atom stereocenters. The van der Waals surface area contributed by atoms with E-state index in [1.165, 1.54) is 0 Å². The maximum atomic E-state index is 13.4. The third kappa shape index (κ3) is 2.69. The van der Waals surface area contributed by atoms with E-state index in [9.17, 15) is 4.79 Å². The van der Waals surface area contributed by atoms with E-state index in [1.54, 1.807) is 0 Å². The average molecular weight is 372 g/mol. The van der Waals surface area contributed by atoms with Gasteiger partial charge in [-0.15, -0.1) is 0 Å². The molecular weight excluding hydrogens is 352 g/mol. The number of hydrogen-bond acceptors (Lipinski definition) is 4. The molecule has 0 aliphatic carbocycles.